The molecule has 1 aromatic rings. The molecule has 0 aromatic heterocycles. The highest BCUT2D eigenvalue weighted by Gasteiger charge is 2.30. The van der Waals surface area contributed by atoms with Crippen LogP contribution in [0, 0.1) is 0 Å². The van der Waals surface area contributed by atoms with E-state index in [1.165, 1.54) is 0 Å². The van der Waals surface area contributed by atoms with Gasteiger partial charge < -0.3 is 4.90 Å². The normalized spacial score (nSPS) is 18.8. The van der Waals surface area contributed by atoms with E-state index in [9.17, 15) is 9.59 Å². The van der Waals surface area contributed by atoms with Crippen LogP contribution in [-0.4, -0.2) is 22.6 Å². The van der Waals surface area contributed by atoms with Crippen molar-refractivity contribution < 1.29 is 9.59 Å². The van der Waals surface area contributed by atoms with Crippen molar-refractivity contribution in [2.75, 3.05) is 4.90 Å². The van der Waals surface area contributed by atoms with Crippen LogP contribution in [0.1, 0.15) is 49.5 Å². The van der Waals surface area contributed by atoms with Crippen LogP contribution in [-0.2, 0) is 11.2 Å². The van der Waals surface area contributed by atoms with Crippen LogP contribution < -0.4 is 4.90 Å². The lowest BCUT2D eigenvalue weighted by Gasteiger charge is -2.22. The minimum absolute atomic E-state index is 0.114. The molecule has 0 radical (unpaired) electrons. The quantitative estimate of drug-likeness (QED) is 0.620. The van der Waals surface area contributed by atoms with Crippen LogP contribution >= 0.6 is 15.9 Å². The van der Waals surface area contributed by atoms with E-state index in [1.807, 2.05) is 43.9 Å². The fraction of sp³-hybridized carbons (Fsp3) is 0.500. The summed E-state index contributed by atoms with van der Waals surface area (Å²) in [6.07, 6.45) is 2.10. The zero-order valence-corrected chi connectivity index (χ0v) is 13.7. The fourth-order valence-corrected chi connectivity index (χ4v) is 2.97. The number of nitrogens with zero attached hydrogens (tertiary/aromatic N) is 1. The molecule has 0 saturated heterocycles. The third-order valence-electron chi connectivity index (χ3n) is 3.79. The van der Waals surface area contributed by atoms with Gasteiger partial charge in [0.2, 0.25) is 5.91 Å². The molecule has 1 heterocycles. The molecule has 0 saturated carbocycles. The van der Waals surface area contributed by atoms with Gasteiger partial charge in [-0.25, -0.2) is 0 Å². The van der Waals surface area contributed by atoms with Crippen molar-refractivity contribution in [2.45, 2.75) is 50.9 Å². The number of ketones is 1. The first-order chi connectivity index (χ1) is 9.49. The van der Waals surface area contributed by atoms with Gasteiger partial charge in [0.25, 0.3) is 0 Å². The summed E-state index contributed by atoms with van der Waals surface area (Å²) < 4.78 is 0. The second-order valence-electron chi connectivity index (χ2n) is 5.25. The Bertz CT molecular complexity index is 541. The van der Waals surface area contributed by atoms with Crippen molar-refractivity contribution >= 4 is 33.3 Å². The summed E-state index contributed by atoms with van der Waals surface area (Å²) in [6, 6.07) is 5.86. The van der Waals surface area contributed by atoms with Gasteiger partial charge in [-0.2, -0.15) is 0 Å². The smallest absolute Gasteiger partial charge is 0.226 e. The molecule has 1 aromatic carbocycles. The average Bonchev–Trinajstić information content (AvgIpc) is 2.79. The van der Waals surface area contributed by atoms with Crippen molar-refractivity contribution in [3.05, 3.63) is 29.3 Å². The molecule has 0 spiro atoms. The molecule has 2 unspecified atom stereocenters. The molecule has 2 atom stereocenters. The van der Waals surface area contributed by atoms with Crippen molar-refractivity contribution in [3.63, 3.8) is 0 Å². The molecular weight excluding hydrogens is 318 g/mol. The molecule has 4 heteroatoms. The Labute approximate surface area is 128 Å². The number of rotatable bonds is 4. The van der Waals surface area contributed by atoms with Gasteiger partial charge in [-0.05, 0) is 43.5 Å². The van der Waals surface area contributed by atoms with Gasteiger partial charge in [0, 0.05) is 23.7 Å². The first kappa shape index (κ1) is 15.2. The topological polar surface area (TPSA) is 37.4 Å². The van der Waals surface area contributed by atoms with Crippen molar-refractivity contribution in [1.82, 2.24) is 0 Å². The fourth-order valence-electron chi connectivity index (χ4n) is 2.70. The van der Waals surface area contributed by atoms with E-state index >= 15 is 0 Å². The number of Topliss-reactive ketones (excluding diaryl/α,β-unsaturated/α-hetero) is 1. The average molecular weight is 338 g/mol. The van der Waals surface area contributed by atoms with Crippen LogP contribution in [0.15, 0.2) is 18.2 Å². The molecule has 1 aliphatic rings. The van der Waals surface area contributed by atoms with E-state index in [0.717, 1.165) is 29.7 Å². The maximum atomic E-state index is 12.2. The van der Waals surface area contributed by atoms with Crippen LogP contribution in [0.25, 0.3) is 0 Å². The van der Waals surface area contributed by atoms with Crippen molar-refractivity contribution in [2.24, 2.45) is 0 Å². The molecule has 1 aliphatic heterocycles. The van der Waals surface area contributed by atoms with Crippen molar-refractivity contribution in [3.8, 4) is 0 Å². The van der Waals surface area contributed by atoms with Gasteiger partial charge in [0.15, 0.2) is 5.78 Å². The van der Waals surface area contributed by atoms with E-state index < -0.39 is 0 Å². The maximum Gasteiger partial charge on any atom is 0.226 e. The number of carbonyl (C=O) groups excluding carboxylic acids is 2. The van der Waals surface area contributed by atoms with E-state index in [1.54, 1.807) is 0 Å². The number of hydrogen-bond acceptors (Lipinski definition) is 2. The molecular formula is C16H20BrNO2. The van der Waals surface area contributed by atoms with Gasteiger partial charge in [-0.15, -0.1) is 0 Å². The number of benzene rings is 1. The van der Waals surface area contributed by atoms with Crippen LogP contribution in [0.2, 0.25) is 0 Å². The monoisotopic (exact) mass is 337 g/mol. The summed E-state index contributed by atoms with van der Waals surface area (Å²) in [5.74, 6) is 0.255. The standard InChI is InChI=1S/C16H20BrNO2/c1-4-13(17)16(20)11-6-7-14-12(9-11)8-10(3)18(14)15(19)5-2/h6-7,9-10,13H,4-5,8H2,1-3H3. The number of fused-ring (bicyclic) bond motifs is 1. The Morgan fingerprint density at radius 3 is 2.70 bits per heavy atom. The summed E-state index contributed by atoms with van der Waals surface area (Å²) in [7, 11) is 0. The lowest BCUT2D eigenvalue weighted by molar-refractivity contribution is -0.118. The minimum atomic E-state index is -0.132. The number of alkyl halides is 1. The Morgan fingerprint density at radius 2 is 2.10 bits per heavy atom. The molecule has 2 rings (SSSR count). The van der Waals surface area contributed by atoms with Gasteiger partial charge in [-0.3, -0.25) is 9.59 Å². The first-order valence-corrected chi connectivity index (χ1v) is 8.04. The van der Waals surface area contributed by atoms with E-state index in [2.05, 4.69) is 15.9 Å². The Balaban J connectivity index is 2.33. The zero-order valence-electron chi connectivity index (χ0n) is 12.1. The van der Waals surface area contributed by atoms with Crippen LogP contribution in [0.5, 0.6) is 0 Å². The second kappa shape index (κ2) is 6.08. The molecule has 0 fully saturated rings. The van der Waals surface area contributed by atoms with Gasteiger partial charge in [0.05, 0.1) is 4.83 Å². The third-order valence-corrected chi connectivity index (χ3v) is 4.86. The second-order valence-corrected chi connectivity index (χ2v) is 6.36. The largest absolute Gasteiger partial charge is 0.309 e. The highest BCUT2D eigenvalue weighted by molar-refractivity contribution is 9.10. The van der Waals surface area contributed by atoms with Gasteiger partial charge in [0.1, 0.15) is 0 Å². The van der Waals surface area contributed by atoms with Crippen molar-refractivity contribution in [1.29, 1.82) is 0 Å². The zero-order chi connectivity index (χ0) is 14.9. The maximum absolute atomic E-state index is 12.2. The summed E-state index contributed by atoms with van der Waals surface area (Å²) >= 11 is 3.40. The first-order valence-electron chi connectivity index (χ1n) is 7.12. The third kappa shape index (κ3) is 2.66. The molecule has 0 N–H and O–H groups in total. The SMILES string of the molecule is CCC(=O)N1c2ccc(C(=O)C(Br)CC)cc2CC1C. The molecule has 108 valence electrons. The van der Waals surface area contributed by atoms with Gasteiger partial charge in [-0.1, -0.05) is 29.8 Å². The highest BCUT2D eigenvalue weighted by atomic mass is 79.9. The summed E-state index contributed by atoms with van der Waals surface area (Å²) in [4.78, 5) is 25.9. The van der Waals surface area contributed by atoms with Crippen LogP contribution in [0.3, 0.4) is 0 Å². The number of amides is 1. The molecule has 0 bridgehead atoms. The molecule has 20 heavy (non-hydrogen) atoms. The van der Waals surface area contributed by atoms with E-state index in [0.29, 0.717) is 6.42 Å². The lowest BCUT2D eigenvalue weighted by atomic mass is 10.0. The minimum Gasteiger partial charge on any atom is -0.309 e. The summed E-state index contributed by atoms with van der Waals surface area (Å²) in [5.41, 5.74) is 2.79. The lowest BCUT2D eigenvalue weighted by Crippen LogP contribution is -2.35. The van der Waals surface area contributed by atoms with Gasteiger partial charge >= 0.3 is 0 Å². The number of halogens is 1. The highest BCUT2D eigenvalue weighted by Crippen LogP contribution is 2.33. The Kier molecular flexibility index (Phi) is 4.63. The van der Waals surface area contributed by atoms with E-state index in [-0.39, 0.29) is 22.6 Å². The molecule has 1 amide bonds. The number of anilines is 1. The molecule has 3 nitrogen and oxygen atoms in total. The predicted octanol–water partition coefficient (Wildman–Crippen LogP) is 3.73. The Morgan fingerprint density at radius 1 is 1.40 bits per heavy atom. The van der Waals surface area contributed by atoms with Crippen LogP contribution in [0.4, 0.5) is 5.69 Å². The predicted molar refractivity (Wildman–Crippen MR) is 84.7 cm³/mol. The summed E-state index contributed by atoms with van der Waals surface area (Å²) in [5, 5.41) is 0. The number of carbonyl (C=O) groups is 2. The summed E-state index contributed by atoms with van der Waals surface area (Å²) in [6.45, 7) is 5.91. The number of hydrogen-bond donors (Lipinski definition) is 0. The molecule has 0 aliphatic carbocycles. The van der Waals surface area contributed by atoms with E-state index in [4.69, 9.17) is 0 Å². The Hall–Kier alpha value is -1.16.